The van der Waals surface area contributed by atoms with Gasteiger partial charge in [-0.05, 0) is 67.1 Å². The van der Waals surface area contributed by atoms with E-state index in [2.05, 4.69) is 25.2 Å². The van der Waals surface area contributed by atoms with Crippen molar-refractivity contribution in [1.82, 2.24) is 5.32 Å². The number of hydrogen-bond acceptors (Lipinski definition) is 3. The summed E-state index contributed by atoms with van der Waals surface area (Å²) in [5, 5.41) is 2.94. The molecule has 140 valence electrons. The molecule has 2 aromatic carbocycles. The molecule has 26 heavy (non-hydrogen) atoms. The monoisotopic (exact) mass is 355 g/mol. The molecule has 0 aliphatic carbocycles. The van der Waals surface area contributed by atoms with Crippen LogP contribution in [0, 0.1) is 20.8 Å². The van der Waals surface area contributed by atoms with Gasteiger partial charge in [-0.1, -0.05) is 26.0 Å². The molecule has 2 rings (SSSR count). The zero-order valence-electron chi connectivity index (χ0n) is 16.6. The number of ether oxygens (including phenoxy) is 2. The van der Waals surface area contributed by atoms with Gasteiger partial charge in [0.15, 0.2) is 0 Å². The first kappa shape index (κ1) is 19.8. The molecule has 0 saturated carbocycles. The third-order valence-corrected chi connectivity index (χ3v) is 4.43. The molecular weight excluding hydrogens is 326 g/mol. The molecule has 0 bridgehead atoms. The Morgan fingerprint density at radius 1 is 1.04 bits per heavy atom. The molecule has 0 aliphatic heterocycles. The maximum Gasteiger partial charge on any atom is 0.251 e. The minimum absolute atomic E-state index is 0.0865. The molecule has 1 N–H and O–H groups in total. The molecule has 0 atom stereocenters. The highest BCUT2D eigenvalue weighted by molar-refractivity contribution is 5.96. The second-order valence-corrected chi connectivity index (χ2v) is 6.94. The van der Waals surface area contributed by atoms with Crippen LogP contribution < -0.4 is 14.8 Å². The SMILES string of the molecule is COc1cc(C)c(C(=O)NCCOc2cc(C)ccc2C)cc1C(C)C. The molecule has 0 unspecified atom stereocenters. The maximum atomic E-state index is 12.6. The molecule has 4 nitrogen and oxygen atoms in total. The van der Waals surface area contributed by atoms with Crippen molar-refractivity contribution in [1.29, 1.82) is 0 Å². The van der Waals surface area contributed by atoms with E-state index < -0.39 is 0 Å². The van der Waals surface area contributed by atoms with Crippen molar-refractivity contribution in [2.45, 2.75) is 40.5 Å². The minimum Gasteiger partial charge on any atom is -0.496 e. The van der Waals surface area contributed by atoms with Gasteiger partial charge in [-0.2, -0.15) is 0 Å². The average molecular weight is 355 g/mol. The van der Waals surface area contributed by atoms with Crippen molar-refractivity contribution in [3.63, 3.8) is 0 Å². The first-order valence-electron chi connectivity index (χ1n) is 9.00. The Labute approximate surface area is 156 Å². The number of rotatable bonds is 7. The van der Waals surface area contributed by atoms with Crippen molar-refractivity contribution >= 4 is 5.91 Å². The highest BCUT2D eigenvalue weighted by atomic mass is 16.5. The summed E-state index contributed by atoms with van der Waals surface area (Å²) in [5.41, 5.74) is 4.87. The zero-order chi connectivity index (χ0) is 19.3. The summed E-state index contributed by atoms with van der Waals surface area (Å²) in [4.78, 5) is 12.6. The van der Waals surface area contributed by atoms with Crippen molar-refractivity contribution in [2.75, 3.05) is 20.3 Å². The van der Waals surface area contributed by atoms with Gasteiger partial charge in [-0.25, -0.2) is 0 Å². The van der Waals surface area contributed by atoms with E-state index in [1.807, 2.05) is 45.0 Å². The van der Waals surface area contributed by atoms with E-state index in [4.69, 9.17) is 9.47 Å². The quantitative estimate of drug-likeness (QED) is 0.741. The predicted octanol–water partition coefficient (Wildman–Crippen LogP) is 4.55. The van der Waals surface area contributed by atoms with Gasteiger partial charge >= 0.3 is 0 Å². The summed E-state index contributed by atoms with van der Waals surface area (Å²) in [7, 11) is 1.66. The van der Waals surface area contributed by atoms with Crippen molar-refractivity contribution in [2.24, 2.45) is 0 Å². The minimum atomic E-state index is -0.0865. The van der Waals surface area contributed by atoms with E-state index >= 15 is 0 Å². The van der Waals surface area contributed by atoms with Crippen LogP contribution in [0.2, 0.25) is 0 Å². The van der Waals surface area contributed by atoms with Gasteiger partial charge in [-0.3, -0.25) is 4.79 Å². The molecule has 4 heteroatoms. The zero-order valence-corrected chi connectivity index (χ0v) is 16.6. The first-order valence-corrected chi connectivity index (χ1v) is 9.00. The Balaban J connectivity index is 1.99. The Morgan fingerprint density at radius 2 is 1.77 bits per heavy atom. The molecule has 2 aromatic rings. The van der Waals surface area contributed by atoms with E-state index in [1.165, 1.54) is 0 Å². The molecule has 0 saturated heterocycles. The van der Waals surface area contributed by atoms with Crippen molar-refractivity contribution in [3.05, 3.63) is 58.1 Å². The number of nitrogens with one attached hydrogen (secondary N) is 1. The van der Waals surface area contributed by atoms with Gasteiger partial charge in [0.1, 0.15) is 18.1 Å². The Bertz CT molecular complexity index is 781. The summed E-state index contributed by atoms with van der Waals surface area (Å²) in [6.45, 7) is 11.0. The lowest BCUT2D eigenvalue weighted by atomic mass is 9.96. The highest BCUT2D eigenvalue weighted by Crippen LogP contribution is 2.29. The third-order valence-electron chi connectivity index (χ3n) is 4.43. The number of carbonyl (C=O) groups is 1. The number of methoxy groups -OCH3 is 1. The van der Waals surface area contributed by atoms with Crippen LogP contribution in [0.5, 0.6) is 11.5 Å². The van der Waals surface area contributed by atoms with Crippen LogP contribution in [0.1, 0.15) is 52.4 Å². The number of hydrogen-bond donors (Lipinski definition) is 1. The summed E-state index contributed by atoms with van der Waals surface area (Å²) < 4.78 is 11.2. The van der Waals surface area contributed by atoms with Gasteiger partial charge < -0.3 is 14.8 Å². The van der Waals surface area contributed by atoms with Crippen LogP contribution in [0.25, 0.3) is 0 Å². The van der Waals surface area contributed by atoms with E-state index in [0.717, 1.165) is 33.8 Å². The lowest BCUT2D eigenvalue weighted by Gasteiger charge is -2.16. The maximum absolute atomic E-state index is 12.6. The Morgan fingerprint density at radius 3 is 2.42 bits per heavy atom. The van der Waals surface area contributed by atoms with E-state index in [9.17, 15) is 4.79 Å². The van der Waals surface area contributed by atoms with E-state index in [0.29, 0.717) is 18.7 Å². The molecule has 1 amide bonds. The summed E-state index contributed by atoms with van der Waals surface area (Å²) in [6.07, 6.45) is 0. The molecule has 0 aliphatic rings. The van der Waals surface area contributed by atoms with Gasteiger partial charge in [0, 0.05) is 5.56 Å². The van der Waals surface area contributed by atoms with Crippen LogP contribution in [0.3, 0.4) is 0 Å². The second kappa shape index (κ2) is 8.75. The van der Waals surface area contributed by atoms with E-state index in [-0.39, 0.29) is 11.8 Å². The van der Waals surface area contributed by atoms with Gasteiger partial charge in [-0.15, -0.1) is 0 Å². The summed E-state index contributed by atoms with van der Waals surface area (Å²) in [6, 6.07) is 9.97. The highest BCUT2D eigenvalue weighted by Gasteiger charge is 2.15. The lowest BCUT2D eigenvalue weighted by molar-refractivity contribution is 0.0946. The third kappa shape index (κ3) is 4.78. The smallest absolute Gasteiger partial charge is 0.251 e. The number of aryl methyl sites for hydroxylation is 3. The lowest BCUT2D eigenvalue weighted by Crippen LogP contribution is -2.29. The van der Waals surface area contributed by atoms with Crippen LogP contribution in [-0.4, -0.2) is 26.2 Å². The fourth-order valence-electron chi connectivity index (χ4n) is 2.85. The van der Waals surface area contributed by atoms with Crippen LogP contribution in [-0.2, 0) is 0 Å². The standard InChI is InChI=1S/C22H29NO3/c1-14(2)18-13-19(17(5)12-21(18)25-6)22(24)23-9-10-26-20-11-15(3)7-8-16(20)4/h7-8,11-14H,9-10H2,1-6H3,(H,23,24). The normalized spacial score (nSPS) is 10.7. The molecule has 0 heterocycles. The topological polar surface area (TPSA) is 47.6 Å². The van der Waals surface area contributed by atoms with Crippen molar-refractivity contribution < 1.29 is 14.3 Å². The van der Waals surface area contributed by atoms with Gasteiger partial charge in [0.2, 0.25) is 0 Å². The molecule has 0 aromatic heterocycles. The van der Waals surface area contributed by atoms with Gasteiger partial charge in [0.25, 0.3) is 5.91 Å². The second-order valence-electron chi connectivity index (χ2n) is 6.94. The van der Waals surface area contributed by atoms with Crippen LogP contribution >= 0.6 is 0 Å². The summed E-state index contributed by atoms with van der Waals surface area (Å²) in [5.74, 6) is 1.88. The van der Waals surface area contributed by atoms with Gasteiger partial charge in [0.05, 0.1) is 13.7 Å². The first-order chi connectivity index (χ1) is 12.3. The number of carbonyl (C=O) groups excluding carboxylic acids is 1. The Hall–Kier alpha value is -2.49. The molecule has 0 radical (unpaired) electrons. The van der Waals surface area contributed by atoms with Crippen LogP contribution in [0.15, 0.2) is 30.3 Å². The number of benzene rings is 2. The Kier molecular flexibility index (Phi) is 6.67. The predicted molar refractivity (Wildman–Crippen MR) is 106 cm³/mol. The fraction of sp³-hybridized carbons (Fsp3) is 0.409. The molecule has 0 fully saturated rings. The summed E-state index contributed by atoms with van der Waals surface area (Å²) >= 11 is 0. The average Bonchev–Trinajstić information content (AvgIpc) is 2.60. The molecular formula is C22H29NO3. The van der Waals surface area contributed by atoms with Crippen LogP contribution in [0.4, 0.5) is 0 Å². The molecule has 0 spiro atoms. The van der Waals surface area contributed by atoms with Crippen molar-refractivity contribution in [3.8, 4) is 11.5 Å². The van der Waals surface area contributed by atoms with E-state index in [1.54, 1.807) is 7.11 Å². The fourth-order valence-corrected chi connectivity index (χ4v) is 2.85. The largest absolute Gasteiger partial charge is 0.496 e. The number of amides is 1.